The van der Waals surface area contributed by atoms with E-state index in [9.17, 15) is 4.79 Å². The van der Waals surface area contributed by atoms with Crippen molar-refractivity contribution in [3.8, 4) is 11.8 Å². The van der Waals surface area contributed by atoms with Crippen LogP contribution in [0.5, 0.6) is 5.75 Å². The Morgan fingerprint density at radius 3 is 2.61 bits per heavy atom. The summed E-state index contributed by atoms with van der Waals surface area (Å²) in [5, 5.41) is 8.97. The lowest BCUT2D eigenvalue weighted by atomic mass is 10.1. The van der Waals surface area contributed by atoms with Crippen LogP contribution in [0.25, 0.3) is 6.08 Å². The van der Waals surface area contributed by atoms with Crippen molar-refractivity contribution in [2.75, 3.05) is 21.2 Å². The highest BCUT2D eigenvalue weighted by Gasteiger charge is 2.11. The van der Waals surface area contributed by atoms with Crippen LogP contribution in [-0.2, 0) is 4.79 Å². The molecule has 94 valence electrons. The second kappa shape index (κ2) is 6.22. The normalized spacial score (nSPS) is 10.7. The van der Waals surface area contributed by atoms with Crippen molar-refractivity contribution >= 4 is 27.9 Å². The van der Waals surface area contributed by atoms with Gasteiger partial charge in [0.25, 0.3) is 5.91 Å². The maximum absolute atomic E-state index is 11.7. The molecule has 5 heteroatoms. The number of hydrogen-bond donors (Lipinski definition) is 0. The summed E-state index contributed by atoms with van der Waals surface area (Å²) in [5.74, 6) is 0.383. The Morgan fingerprint density at radius 2 is 2.17 bits per heavy atom. The second-order valence-electron chi connectivity index (χ2n) is 3.76. The zero-order valence-electron chi connectivity index (χ0n) is 10.4. The zero-order valence-corrected chi connectivity index (χ0v) is 12.0. The van der Waals surface area contributed by atoms with E-state index in [0.717, 1.165) is 10.0 Å². The summed E-state index contributed by atoms with van der Waals surface area (Å²) in [6, 6.07) is 7.24. The molecule has 0 unspecified atom stereocenters. The minimum absolute atomic E-state index is 0.0945. The lowest BCUT2D eigenvalue weighted by Crippen LogP contribution is -2.22. The predicted molar refractivity (Wildman–Crippen MR) is 73.0 cm³/mol. The molecule has 0 spiro atoms. The van der Waals surface area contributed by atoms with Gasteiger partial charge >= 0.3 is 0 Å². The molecule has 0 saturated heterocycles. The van der Waals surface area contributed by atoms with Crippen LogP contribution < -0.4 is 4.74 Å². The van der Waals surface area contributed by atoms with Gasteiger partial charge in [0.2, 0.25) is 0 Å². The summed E-state index contributed by atoms with van der Waals surface area (Å²) < 4.78 is 5.88. The van der Waals surface area contributed by atoms with Crippen LogP contribution in [0.3, 0.4) is 0 Å². The van der Waals surface area contributed by atoms with Gasteiger partial charge in [0.05, 0.1) is 11.6 Å². The standard InChI is InChI=1S/C13H13BrN2O2/c1-16(2)13(17)10(8-15)6-9-4-5-12(18-3)11(14)7-9/h4-7H,1-3H3/b10-6+. The van der Waals surface area contributed by atoms with Gasteiger partial charge in [-0.3, -0.25) is 4.79 Å². The van der Waals surface area contributed by atoms with E-state index in [4.69, 9.17) is 10.00 Å². The zero-order chi connectivity index (χ0) is 13.7. The molecular formula is C13H13BrN2O2. The van der Waals surface area contributed by atoms with E-state index < -0.39 is 0 Å². The molecule has 0 heterocycles. The molecule has 0 aromatic heterocycles. The number of nitriles is 1. The van der Waals surface area contributed by atoms with Gasteiger partial charge in [0.1, 0.15) is 17.4 Å². The highest BCUT2D eigenvalue weighted by molar-refractivity contribution is 9.10. The molecule has 0 saturated carbocycles. The number of likely N-dealkylation sites (N-methyl/N-ethyl adjacent to an activating group) is 1. The number of hydrogen-bond acceptors (Lipinski definition) is 3. The summed E-state index contributed by atoms with van der Waals surface area (Å²) >= 11 is 3.35. The van der Waals surface area contributed by atoms with E-state index in [1.807, 2.05) is 6.07 Å². The maximum Gasteiger partial charge on any atom is 0.264 e. The number of methoxy groups -OCH3 is 1. The molecule has 0 bridgehead atoms. The quantitative estimate of drug-likeness (QED) is 0.636. The van der Waals surface area contributed by atoms with Crippen molar-refractivity contribution in [3.63, 3.8) is 0 Å². The van der Waals surface area contributed by atoms with E-state index in [1.54, 1.807) is 45.5 Å². The van der Waals surface area contributed by atoms with Crippen molar-refractivity contribution in [1.82, 2.24) is 4.90 Å². The van der Waals surface area contributed by atoms with Crippen molar-refractivity contribution in [3.05, 3.63) is 33.8 Å². The van der Waals surface area contributed by atoms with E-state index in [1.165, 1.54) is 4.90 Å². The van der Waals surface area contributed by atoms with Crippen LogP contribution in [0.15, 0.2) is 28.2 Å². The third-order valence-electron chi connectivity index (χ3n) is 2.24. The number of ether oxygens (including phenoxy) is 1. The molecule has 0 N–H and O–H groups in total. The molecule has 1 amide bonds. The second-order valence-corrected chi connectivity index (χ2v) is 4.62. The molecule has 1 rings (SSSR count). The SMILES string of the molecule is COc1ccc(/C=C(\C#N)C(=O)N(C)C)cc1Br. The molecule has 0 aliphatic rings. The maximum atomic E-state index is 11.7. The lowest BCUT2D eigenvalue weighted by molar-refractivity contribution is -0.124. The molecule has 0 radical (unpaired) electrons. The summed E-state index contributed by atoms with van der Waals surface area (Å²) in [5.41, 5.74) is 0.853. The van der Waals surface area contributed by atoms with E-state index in [2.05, 4.69) is 15.9 Å². The third kappa shape index (κ3) is 3.34. The smallest absolute Gasteiger partial charge is 0.264 e. The molecule has 18 heavy (non-hydrogen) atoms. The van der Waals surface area contributed by atoms with Crippen LogP contribution in [0.4, 0.5) is 0 Å². The Morgan fingerprint density at radius 1 is 1.50 bits per heavy atom. The first-order chi connectivity index (χ1) is 8.49. The van der Waals surface area contributed by atoms with E-state index in [0.29, 0.717) is 5.75 Å². The first-order valence-corrected chi connectivity index (χ1v) is 5.96. The summed E-state index contributed by atoms with van der Waals surface area (Å²) in [6.07, 6.45) is 1.55. The fourth-order valence-corrected chi connectivity index (χ4v) is 1.88. The van der Waals surface area contributed by atoms with Gasteiger partial charge in [-0.25, -0.2) is 0 Å². The highest BCUT2D eigenvalue weighted by Crippen LogP contribution is 2.26. The minimum atomic E-state index is -0.315. The molecule has 0 aliphatic carbocycles. The molecule has 1 aromatic carbocycles. The van der Waals surface area contributed by atoms with Crippen molar-refractivity contribution < 1.29 is 9.53 Å². The van der Waals surface area contributed by atoms with Crippen LogP contribution in [-0.4, -0.2) is 32.0 Å². The van der Waals surface area contributed by atoms with Crippen LogP contribution in [0.2, 0.25) is 0 Å². The molecule has 1 aromatic rings. The van der Waals surface area contributed by atoms with Gasteiger partial charge < -0.3 is 9.64 Å². The number of carbonyl (C=O) groups excluding carboxylic acids is 1. The minimum Gasteiger partial charge on any atom is -0.496 e. The Hall–Kier alpha value is -1.80. The Bertz CT molecular complexity index is 530. The van der Waals surface area contributed by atoms with Crippen LogP contribution >= 0.6 is 15.9 Å². The average molecular weight is 309 g/mol. The number of benzene rings is 1. The Balaban J connectivity index is 3.12. The fraction of sp³-hybridized carbons (Fsp3) is 0.231. The van der Waals surface area contributed by atoms with Crippen molar-refractivity contribution in [2.45, 2.75) is 0 Å². The third-order valence-corrected chi connectivity index (χ3v) is 2.86. The van der Waals surface area contributed by atoms with Crippen molar-refractivity contribution in [1.29, 1.82) is 5.26 Å². The van der Waals surface area contributed by atoms with Gasteiger partial charge in [-0.2, -0.15) is 5.26 Å². The van der Waals surface area contributed by atoms with Crippen LogP contribution in [0, 0.1) is 11.3 Å². The van der Waals surface area contributed by atoms with Gasteiger partial charge in [-0.05, 0) is 39.7 Å². The Labute approximate surface area is 115 Å². The monoisotopic (exact) mass is 308 g/mol. The van der Waals surface area contributed by atoms with Gasteiger partial charge in [0.15, 0.2) is 0 Å². The molecular weight excluding hydrogens is 296 g/mol. The number of amides is 1. The van der Waals surface area contributed by atoms with E-state index in [-0.39, 0.29) is 11.5 Å². The average Bonchev–Trinajstić information content (AvgIpc) is 2.35. The molecule has 0 aliphatic heterocycles. The summed E-state index contributed by atoms with van der Waals surface area (Å²) in [7, 11) is 4.79. The number of halogens is 1. The summed E-state index contributed by atoms with van der Waals surface area (Å²) in [4.78, 5) is 13.1. The lowest BCUT2D eigenvalue weighted by Gasteiger charge is -2.09. The number of rotatable bonds is 3. The Kier molecular flexibility index (Phi) is 4.93. The number of carbonyl (C=O) groups is 1. The van der Waals surface area contributed by atoms with Gasteiger partial charge in [0, 0.05) is 14.1 Å². The predicted octanol–water partition coefficient (Wildman–Crippen LogP) is 2.45. The summed E-state index contributed by atoms with van der Waals surface area (Å²) in [6.45, 7) is 0. The number of nitrogens with zero attached hydrogens (tertiary/aromatic N) is 2. The van der Waals surface area contributed by atoms with Gasteiger partial charge in [-0.15, -0.1) is 0 Å². The van der Waals surface area contributed by atoms with E-state index >= 15 is 0 Å². The first-order valence-electron chi connectivity index (χ1n) is 5.16. The van der Waals surface area contributed by atoms with Crippen molar-refractivity contribution in [2.24, 2.45) is 0 Å². The largest absolute Gasteiger partial charge is 0.496 e. The van der Waals surface area contributed by atoms with Gasteiger partial charge in [-0.1, -0.05) is 6.07 Å². The topological polar surface area (TPSA) is 53.3 Å². The molecule has 0 atom stereocenters. The first kappa shape index (κ1) is 14.3. The highest BCUT2D eigenvalue weighted by atomic mass is 79.9. The van der Waals surface area contributed by atoms with Crippen LogP contribution in [0.1, 0.15) is 5.56 Å². The molecule has 0 fully saturated rings. The molecule has 4 nitrogen and oxygen atoms in total. The fourth-order valence-electron chi connectivity index (χ4n) is 1.32.